The van der Waals surface area contributed by atoms with Gasteiger partial charge in [-0.1, -0.05) is 170 Å². The average molecular weight is 1880 g/mol. The normalized spacial score (nSPS) is 24.1. The van der Waals surface area contributed by atoms with Crippen molar-refractivity contribution in [3.8, 4) is 11.5 Å². The highest BCUT2D eigenvalue weighted by Gasteiger charge is 2.49. The lowest BCUT2D eigenvalue weighted by Crippen LogP contribution is -2.64. The number of amides is 11. The van der Waals surface area contributed by atoms with Crippen LogP contribution in [-0.4, -0.2) is 250 Å². The molecule has 2 fully saturated rings. The van der Waals surface area contributed by atoms with Crippen molar-refractivity contribution in [1.29, 1.82) is 0 Å². The van der Waals surface area contributed by atoms with Crippen LogP contribution < -0.4 is 69.0 Å². The number of likely N-dealkylation sites (N-methyl/N-ethyl adjacent to an activating group) is 1. The summed E-state index contributed by atoms with van der Waals surface area (Å²) >= 11 is 6.90. The first kappa shape index (κ1) is 102. The minimum atomic E-state index is -2.00. The number of hydrogen-bond acceptors (Lipinski definition) is 26. The molecule has 0 saturated carbocycles. The monoisotopic (exact) mass is 1880 g/mol. The first-order valence-corrected chi connectivity index (χ1v) is 47.6. The number of ether oxygens (including phenoxy) is 5. The molecule has 4 heterocycles. The van der Waals surface area contributed by atoms with Crippen molar-refractivity contribution >= 4 is 143 Å². The van der Waals surface area contributed by atoms with E-state index in [9.17, 15) is 53.7 Å². The van der Waals surface area contributed by atoms with E-state index in [-0.39, 0.29) is 103 Å². The molecule has 3 aliphatic heterocycles. The van der Waals surface area contributed by atoms with Crippen LogP contribution in [0, 0.1) is 0 Å². The maximum Gasteiger partial charge on any atom is 0.409 e. The Bertz CT molecular complexity index is 4940. The fourth-order valence-electron chi connectivity index (χ4n) is 14.6. The third-order valence-electron chi connectivity index (χ3n) is 22.3. The van der Waals surface area contributed by atoms with Crippen molar-refractivity contribution in [3.63, 3.8) is 0 Å². The molecule has 0 spiro atoms. The summed E-state index contributed by atoms with van der Waals surface area (Å²) in [5.74, 6) is -9.97. The summed E-state index contributed by atoms with van der Waals surface area (Å²) in [6.07, 6.45) is -0.812. The maximum absolute atomic E-state index is 15.4. The molecule has 1 aromatic heterocycles. The van der Waals surface area contributed by atoms with Crippen LogP contribution in [0.15, 0.2) is 151 Å². The molecule has 2 saturated heterocycles. The minimum Gasteiger partial charge on any atom is -0.508 e. The van der Waals surface area contributed by atoms with E-state index in [1.807, 2.05) is 85.8 Å². The molecule has 0 radical (unpaired) electrons. The fourth-order valence-corrected chi connectivity index (χ4v) is 19.4. The number of hydrogen-bond donors (Lipinski definition) is 15. The van der Waals surface area contributed by atoms with E-state index in [2.05, 4.69) is 52.8 Å². The van der Waals surface area contributed by atoms with E-state index in [1.54, 1.807) is 75.5 Å². The molecule has 17 N–H and O–H groups in total. The number of methoxy groups -OCH3 is 2. The number of aromatic amines is 1. The van der Waals surface area contributed by atoms with Gasteiger partial charge in [-0.15, -0.1) is 0 Å². The smallest absolute Gasteiger partial charge is 0.409 e. The molecule has 11 amide bonds. The minimum absolute atomic E-state index is 0.0607. The Labute approximate surface area is 770 Å². The Morgan fingerprint density at radius 2 is 1.44 bits per heavy atom. The number of alkyl carbamates (subject to hydrolysis) is 1. The van der Waals surface area contributed by atoms with Gasteiger partial charge in [0.15, 0.2) is 5.72 Å². The number of anilines is 1. The summed E-state index contributed by atoms with van der Waals surface area (Å²) < 4.78 is 29.8. The van der Waals surface area contributed by atoms with Crippen molar-refractivity contribution in [1.82, 2.24) is 57.7 Å². The number of aromatic nitrogens is 1. The summed E-state index contributed by atoms with van der Waals surface area (Å²) in [5, 5.41) is 59.6. The van der Waals surface area contributed by atoms with Crippen LogP contribution in [0.1, 0.15) is 108 Å². The zero-order chi connectivity index (χ0) is 93.8. The van der Waals surface area contributed by atoms with Crippen LogP contribution in [0.4, 0.5) is 10.5 Å². The van der Waals surface area contributed by atoms with Crippen LogP contribution in [0.5, 0.6) is 11.5 Å². The summed E-state index contributed by atoms with van der Waals surface area (Å²) in [6.45, 7) is 9.64. The molecule has 15 atom stereocenters. The second kappa shape index (κ2) is 49.0. The largest absolute Gasteiger partial charge is 0.508 e. The first-order valence-electron chi connectivity index (χ1n) is 42.3. The standard InChI is InChI=1S/C90H117ClN14O20S4/c1-51-22-21-30-73(122-10)90(120)45-72(123-88(119)103-90)54(4)125-89(5,6)74(44-76(109)105(8)70-41-58(38-51)42-71(121-9)77(70)91)124-87(118)52(2)104(7)75(108)35-37-126-127-48-67(79(93)110)99-85(116)69-50-129-128-49-68(100-81(112)64(39-55-23-13-11-14-24-55)94-46-57-25-15-12-16-26-57)84(115)97-65(40-56-31-33-60(107)34-32-56)82(113)98-66(43-59-47-95-62-28-18-17-27-61(59)62)83(114)96-63(29-19-20-36-92)80(111)102-78(53(3)106)86(117)101-69/h11-18,21-28,30-34,41-42,47,52-54,63-69,72-74,78,94-95,106-107,120H,19-20,29,35-40,43-46,48-50,92H2,1-10H3,(H2,93,110)(H,96,114)(H,97,115)(H,98,113)(H,99,116)(H,100,112)(H,101,117)(H,102,111)(H,103,119)/b30-21+,51-22+/t52-,53+,54+,63-,64+,65-,66+,67-,68-,69-,72-,73+,74-,78-,90-/m0/s1. The van der Waals surface area contributed by atoms with Crippen molar-refractivity contribution < 1.29 is 96.5 Å². The van der Waals surface area contributed by atoms with E-state index in [0.717, 1.165) is 64.8 Å². The van der Waals surface area contributed by atoms with Gasteiger partial charge >= 0.3 is 12.1 Å². The number of nitrogens with two attached hydrogens (primary N) is 2. The van der Waals surface area contributed by atoms with Gasteiger partial charge in [0.05, 0.1) is 37.5 Å². The van der Waals surface area contributed by atoms with Crippen LogP contribution in [0.25, 0.3) is 10.9 Å². The van der Waals surface area contributed by atoms with E-state index in [4.69, 9.17) is 46.8 Å². The molecule has 4 bridgehead atoms. The third-order valence-corrected chi connectivity index (χ3v) is 27.5. The zero-order valence-electron chi connectivity index (χ0n) is 73.6. The zero-order valence-corrected chi connectivity index (χ0v) is 77.6. The molecule has 39 heteroatoms. The number of H-pyrrole nitrogens is 1. The number of primary amides is 1. The number of unbranched alkanes of at least 4 members (excludes halogenated alkanes) is 1. The number of rotatable bonds is 30. The highest BCUT2D eigenvalue weighted by molar-refractivity contribution is 8.77. The molecule has 129 heavy (non-hydrogen) atoms. The Morgan fingerprint density at radius 3 is 2.12 bits per heavy atom. The van der Waals surface area contributed by atoms with Gasteiger partial charge in [0, 0.05) is 93.5 Å². The van der Waals surface area contributed by atoms with Gasteiger partial charge in [-0.05, 0) is 138 Å². The number of benzene rings is 5. The van der Waals surface area contributed by atoms with Crippen LogP contribution >= 0.6 is 54.8 Å². The number of nitrogens with zero attached hydrogens (tertiary/aromatic N) is 2. The lowest BCUT2D eigenvalue weighted by molar-refractivity contribution is -0.203. The van der Waals surface area contributed by atoms with E-state index in [1.165, 1.54) is 59.2 Å². The van der Waals surface area contributed by atoms with Gasteiger partial charge in [0.25, 0.3) is 0 Å². The van der Waals surface area contributed by atoms with Crippen molar-refractivity contribution in [2.45, 2.75) is 209 Å². The Morgan fingerprint density at radius 1 is 0.791 bits per heavy atom. The lowest BCUT2D eigenvalue weighted by atomic mass is 9.93. The molecule has 698 valence electrons. The van der Waals surface area contributed by atoms with Crippen molar-refractivity contribution in [3.05, 3.63) is 184 Å². The predicted molar refractivity (Wildman–Crippen MR) is 496 cm³/mol. The van der Waals surface area contributed by atoms with Gasteiger partial charge < -0.3 is 108 Å². The topological polar surface area (TPSA) is 494 Å². The number of halogens is 1. The number of phenols is 1. The van der Waals surface area contributed by atoms with E-state index >= 15 is 19.2 Å². The number of carbonyl (C=O) groups excluding carboxylic acids is 12. The van der Waals surface area contributed by atoms with Gasteiger partial charge in [0.1, 0.15) is 88.8 Å². The molecular formula is C90H117ClN14O20S4. The van der Waals surface area contributed by atoms with E-state index < -0.39 is 174 Å². The molecular weight excluding hydrogens is 1760 g/mol. The molecule has 6 aromatic rings. The number of aromatic hydroxyl groups is 1. The molecule has 34 nitrogen and oxygen atoms in total. The predicted octanol–water partition coefficient (Wildman–Crippen LogP) is 5.53. The number of nitrogens with one attached hydrogen (secondary N) is 10. The van der Waals surface area contributed by atoms with Gasteiger partial charge in [-0.3, -0.25) is 53.3 Å². The second-order valence-electron chi connectivity index (χ2n) is 32.5. The number of aliphatic hydroxyl groups is 2. The van der Waals surface area contributed by atoms with E-state index in [0.29, 0.717) is 40.4 Å². The maximum atomic E-state index is 15.4. The average Bonchev–Trinajstić information content (AvgIpc) is 0.833. The Kier molecular flexibility index (Phi) is 38.9. The fraction of sp³-hybridized carbons (Fsp3) is 0.467. The number of phenolic OH excluding ortho intramolecular Hbond substituents is 1. The first-order chi connectivity index (χ1) is 61.5. The number of allylic oxidation sites excluding steroid dienone is 3. The molecule has 5 aromatic carbocycles. The lowest BCUT2D eigenvalue weighted by Gasteiger charge is -2.44. The quantitative estimate of drug-likeness (QED) is 0.0150. The summed E-state index contributed by atoms with van der Waals surface area (Å²) in [4.78, 5) is 181. The van der Waals surface area contributed by atoms with Gasteiger partial charge in [-0.2, -0.15) is 0 Å². The second-order valence-corrected chi connectivity index (χ2v) is 38.1. The summed E-state index contributed by atoms with van der Waals surface area (Å²) in [5.41, 5.74) is 13.5. The molecule has 0 unspecified atom stereocenters. The summed E-state index contributed by atoms with van der Waals surface area (Å²) in [7, 11) is 9.74. The highest BCUT2D eigenvalue weighted by atomic mass is 35.5. The third kappa shape index (κ3) is 29.8. The Balaban J connectivity index is 0.939. The molecule has 9 rings (SSSR count). The van der Waals surface area contributed by atoms with Crippen molar-refractivity contribution in [2.75, 3.05) is 62.8 Å². The number of aliphatic hydroxyl groups excluding tert-OH is 1. The number of fused-ring (bicyclic) bond motifs is 5. The number of esters is 1. The van der Waals surface area contributed by atoms with Crippen LogP contribution in [-0.2, 0) is 104 Å². The van der Waals surface area contributed by atoms with Crippen LogP contribution in [0.2, 0.25) is 5.02 Å². The SMILES string of the molecule is COc1cc2cc(c1Cl)N(C)C(=O)C[C@H](OC(=O)[C@H](C)N(C)C(=O)CCSSC[C@H](NC(=O)[C@@H]1CSSC[C@H](NC(=O)[C@@H](Cc3ccccc3)NCc3ccccc3)C(=O)N[C@@H](Cc3ccc(O)cc3)C(=O)N[C@H](Cc3c[nH]c4ccccc34)C(=O)N[C@@H](CCCCN)C(=O)N[C@@H]([C@@H](C)O)C(=O)N1)C(N)=O)C(C)(C)O[C@H](C)[C@@H]1C[C@@](O)(NC(=O)O1)[C@H](OC)/C=C/C=C(\C)C2. The Hall–Kier alpha value is -10.4. The molecule has 3 aliphatic rings. The summed E-state index contributed by atoms with van der Waals surface area (Å²) in [6, 6.07) is 21.9. The number of carbonyl (C=O) groups is 12. The number of para-hydroxylation sites is 1. The van der Waals surface area contributed by atoms with Gasteiger partial charge in [0.2, 0.25) is 59.1 Å². The highest BCUT2D eigenvalue weighted by Crippen LogP contribution is 2.39. The van der Waals surface area contributed by atoms with Gasteiger partial charge in [-0.25, -0.2) is 9.59 Å². The van der Waals surface area contributed by atoms with Crippen molar-refractivity contribution in [2.24, 2.45) is 11.5 Å². The van der Waals surface area contributed by atoms with Crippen LogP contribution in [0.3, 0.4) is 0 Å². The molecule has 0 aliphatic carbocycles.